The van der Waals surface area contributed by atoms with Crippen molar-refractivity contribution in [2.75, 3.05) is 74.6 Å². The summed E-state index contributed by atoms with van der Waals surface area (Å²) in [6, 6.07) is 13.7. The highest BCUT2D eigenvalue weighted by Gasteiger charge is 2.24. The number of nitrogens with one attached hydrogen (secondary N) is 1. The topological polar surface area (TPSA) is 94.1 Å². The summed E-state index contributed by atoms with van der Waals surface area (Å²) in [7, 11) is 1.66. The molecule has 2 aromatic heterocycles. The minimum absolute atomic E-state index is 0.0547. The van der Waals surface area contributed by atoms with E-state index in [1.165, 1.54) is 11.3 Å². The third-order valence-electron chi connectivity index (χ3n) is 6.69. The molecule has 10 nitrogen and oxygen atoms in total. The maximum atomic E-state index is 12.9. The first-order valence-electron chi connectivity index (χ1n) is 12.4. The molecular formula is C26H31N7O3S. The van der Waals surface area contributed by atoms with Crippen molar-refractivity contribution < 1.29 is 14.3 Å². The lowest BCUT2D eigenvalue weighted by molar-refractivity contribution is -0.130. The van der Waals surface area contributed by atoms with Crippen LogP contribution in [0.4, 0.5) is 21.4 Å². The van der Waals surface area contributed by atoms with Crippen molar-refractivity contribution in [1.29, 1.82) is 0 Å². The lowest BCUT2D eigenvalue weighted by atomic mass is 10.2. The fraction of sp³-hybridized carbons (Fsp3) is 0.385. The number of carbonyl (C=O) groups is 2. The fourth-order valence-corrected chi connectivity index (χ4v) is 5.28. The zero-order chi connectivity index (χ0) is 25.6. The van der Waals surface area contributed by atoms with Crippen LogP contribution in [0.25, 0.3) is 0 Å². The Labute approximate surface area is 220 Å². The average Bonchev–Trinajstić information content (AvgIpc) is 3.40. The number of piperazine rings is 2. The Morgan fingerprint density at radius 3 is 2.43 bits per heavy atom. The molecule has 2 aliphatic heterocycles. The highest BCUT2D eigenvalue weighted by molar-refractivity contribution is 7.13. The minimum Gasteiger partial charge on any atom is -0.497 e. The highest BCUT2D eigenvalue weighted by atomic mass is 32.1. The van der Waals surface area contributed by atoms with E-state index in [9.17, 15) is 9.59 Å². The predicted molar refractivity (Wildman–Crippen MR) is 145 cm³/mol. The first kappa shape index (κ1) is 24.8. The third kappa shape index (κ3) is 6.11. The summed E-state index contributed by atoms with van der Waals surface area (Å²) in [6.45, 7) is 5.54. The Kier molecular flexibility index (Phi) is 7.69. The molecule has 3 aromatic rings. The number of methoxy groups -OCH3 is 1. The second-order valence-corrected chi connectivity index (χ2v) is 9.84. The van der Waals surface area contributed by atoms with Gasteiger partial charge < -0.3 is 24.3 Å². The number of hydrogen-bond donors (Lipinski definition) is 1. The van der Waals surface area contributed by atoms with E-state index in [0.29, 0.717) is 37.0 Å². The van der Waals surface area contributed by atoms with Gasteiger partial charge in [-0.2, -0.15) is 0 Å². The Bertz CT molecular complexity index is 1210. The van der Waals surface area contributed by atoms with Crippen molar-refractivity contribution in [3.63, 3.8) is 0 Å². The van der Waals surface area contributed by atoms with Gasteiger partial charge in [-0.25, -0.2) is 14.8 Å². The maximum absolute atomic E-state index is 12.9. The van der Waals surface area contributed by atoms with Crippen LogP contribution >= 0.6 is 11.3 Å². The van der Waals surface area contributed by atoms with Crippen LogP contribution in [0, 0.1) is 0 Å². The molecule has 4 heterocycles. The van der Waals surface area contributed by atoms with Gasteiger partial charge in [-0.05, 0) is 24.3 Å². The molecule has 1 N–H and O–H groups in total. The molecule has 0 radical (unpaired) electrons. The zero-order valence-corrected chi connectivity index (χ0v) is 21.7. The van der Waals surface area contributed by atoms with Crippen molar-refractivity contribution in [2.45, 2.75) is 6.42 Å². The summed E-state index contributed by atoms with van der Waals surface area (Å²) in [6.07, 6.45) is 2.01. The monoisotopic (exact) mass is 521 g/mol. The average molecular weight is 522 g/mol. The van der Waals surface area contributed by atoms with E-state index in [1.807, 2.05) is 46.7 Å². The molecule has 1 aromatic carbocycles. The summed E-state index contributed by atoms with van der Waals surface area (Å²) in [5.74, 6) is 1.81. The van der Waals surface area contributed by atoms with Crippen molar-refractivity contribution in [3.8, 4) is 5.75 Å². The van der Waals surface area contributed by atoms with Crippen LogP contribution in [-0.2, 0) is 11.2 Å². The molecule has 2 saturated heterocycles. The van der Waals surface area contributed by atoms with Gasteiger partial charge in [0.25, 0.3) is 0 Å². The number of carbonyl (C=O) groups excluding carboxylic acids is 2. The molecule has 11 heteroatoms. The van der Waals surface area contributed by atoms with Crippen molar-refractivity contribution >= 4 is 39.9 Å². The second-order valence-electron chi connectivity index (χ2n) is 8.98. The standard InChI is InChI=1S/C26H31N7O3S/c1-36-22-6-4-5-21(18-22)30-9-13-32(14-10-30)24(34)17-20-19-37-25(28-20)29-26(35)33-15-11-31(12-16-33)23-7-2-3-8-27-23/h2-8,18-19H,9-17H2,1H3,(H,28,29,35). The van der Waals surface area contributed by atoms with Gasteiger partial charge in [-0.1, -0.05) is 12.1 Å². The number of nitrogens with zero attached hydrogens (tertiary/aromatic N) is 6. The van der Waals surface area contributed by atoms with Crippen LogP contribution in [0.15, 0.2) is 54.0 Å². The van der Waals surface area contributed by atoms with Crippen LogP contribution in [-0.4, -0.2) is 91.2 Å². The van der Waals surface area contributed by atoms with Crippen molar-refractivity contribution in [3.05, 3.63) is 59.7 Å². The third-order valence-corrected chi connectivity index (χ3v) is 7.50. The quantitative estimate of drug-likeness (QED) is 0.533. The van der Waals surface area contributed by atoms with Gasteiger partial charge in [0.2, 0.25) is 5.91 Å². The molecule has 0 bridgehead atoms. The Hall–Kier alpha value is -3.86. The normalized spacial score (nSPS) is 16.0. The van der Waals surface area contributed by atoms with E-state index < -0.39 is 0 Å². The molecular weight excluding hydrogens is 490 g/mol. The molecule has 0 atom stereocenters. The molecule has 37 heavy (non-hydrogen) atoms. The van der Waals surface area contributed by atoms with Crippen molar-refractivity contribution in [2.24, 2.45) is 0 Å². The molecule has 3 amide bonds. The zero-order valence-electron chi connectivity index (χ0n) is 20.9. The van der Waals surface area contributed by atoms with E-state index in [2.05, 4.69) is 31.2 Å². The minimum atomic E-state index is -0.165. The number of benzene rings is 1. The van der Waals surface area contributed by atoms with Gasteiger partial charge in [0.15, 0.2) is 5.13 Å². The van der Waals surface area contributed by atoms with Gasteiger partial charge >= 0.3 is 6.03 Å². The molecule has 194 valence electrons. The Balaban J connectivity index is 1.07. The summed E-state index contributed by atoms with van der Waals surface area (Å²) in [5.41, 5.74) is 1.78. The first-order chi connectivity index (χ1) is 18.1. The summed E-state index contributed by atoms with van der Waals surface area (Å²) in [5, 5.41) is 5.25. The summed E-state index contributed by atoms with van der Waals surface area (Å²) < 4.78 is 5.32. The lowest BCUT2D eigenvalue weighted by Gasteiger charge is -2.36. The number of ether oxygens (including phenoxy) is 1. The molecule has 2 aliphatic rings. The number of rotatable bonds is 6. The molecule has 2 fully saturated rings. The number of hydrogen-bond acceptors (Lipinski definition) is 8. The summed E-state index contributed by atoms with van der Waals surface area (Å²) in [4.78, 5) is 42.6. The number of thiazole rings is 1. The number of anilines is 3. The number of pyridine rings is 1. The number of aromatic nitrogens is 2. The lowest BCUT2D eigenvalue weighted by Crippen LogP contribution is -2.50. The molecule has 0 unspecified atom stereocenters. The van der Waals surface area contributed by atoms with E-state index in [1.54, 1.807) is 18.2 Å². The number of amides is 3. The van der Waals surface area contributed by atoms with Crippen LogP contribution in [0.5, 0.6) is 5.75 Å². The van der Waals surface area contributed by atoms with Gasteiger partial charge in [-0.3, -0.25) is 10.1 Å². The smallest absolute Gasteiger partial charge is 0.323 e. The predicted octanol–water partition coefficient (Wildman–Crippen LogP) is 2.79. The summed E-state index contributed by atoms with van der Waals surface area (Å²) >= 11 is 1.35. The van der Waals surface area contributed by atoms with Crippen LogP contribution in [0.3, 0.4) is 0 Å². The fourth-order valence-electron chi connectivity index (χ4n) is 4.58. The SMILES string of the molecule is COc1cccc(N2CCN(C(=O)Cc3csc(NC(=O)N4CCN(c5ccccn5)CC4)n3)CC2)c1. The van der Waals surface area contributed by atoms with Gasteiger partial charge in [0.1, 0.15) is 11.6 Å². The van der Waals surface area contributed by atoms with Gasteiger partial charge in [0, 0.05) is 75.7 Å². The Morgan fingerprint density at radius 1 is 0.946 bits per heavy atom. The largest absolute Gasteiger partial charge is 0.497 e. The highest BCUT2D eigenvalue weighted by Crippen LogP contribution is 2.23. The molecule has 0 aliphatic carbocycles. The molecule has 5 rings (SSSR count). The second kappa shape index (κ2) is 11.5. The Morgan fingerprint density at radius 2 is 1.70 bits per heavy atom. The van der Waals surface area contributed by atoms with Gasteiger partial charge in [0.05, 0.1) is 19.2 Å². The van der Waals surface area contributed by atoms with Crippen LogP contribution < -0.4 is 19.9 Å². The van der Waals surface area contributed by atoms with E-state index >= 15 is 0 Å². The first-order valence-corrected chi connectivity index (χ1v) is 13.3. The van der Waals surface area contributed by atoms with E-state index in [0.717, 1.165) is 43.4 Å². The van der Waals surface area contributed by atoms with Crippen LogP contribution in [0.1, 0.15) is 5.69 Å². The molecule has 0 spiro atoms. The van der Waals surface area contributed by atoms with Crippen LogP contribution in [0.2, 0.25) is 0 Å². The van der Waals surface area contributed by atoms with E-state index in [4.69, 9.17) is 4.74 Å². The van der Waals surface area contributed by atoms with Crippen molar-refractivity contribution in [1.82, 2.24) is 19.8 Å². The van der Waals surface area contributed by atoms with E-state index in [-0.39, 0.29) is 18.4 Å². The molecule has 0 saturated carbocycles. The van der Waals surface area contributed by atoms with Gasteiger partial charge in [-0.15, -0.1) is 11.3 Å². The maximum Gasteiger partial charge on any atom is 0.323 e. The number of urea groups is 1.